The summed E-state index contributed by atoms with van der Waals surface area (Å²) in [7, 11) is 2.14. The van der Waals surface area contributed by atoms with Crippen LogP contribution in [0.3, 0.4) is 0 Å². The van der Waals surface area contributed by atoms with Crippen molar-refractivity contribution in [3.8, 4) is 0 Å². The van der Waals surface area contributed by atoms with E-state index in [2.05, 4.69) is 19.3 Å². The molecule has 2 fully saturated rings. The molecule has 0 aromatic rings. The van der Waals surface area contributed by atoms with Crippen LogP contribution in [-0.4, -0.2) is 12.6 Å². The van der Waals surface area contributed by atoms with Crippen LogP contribution in [-0.2, 0) is 0 Å². The van der Waals surface area contributed by atoms with Crippen LogP contribution in [0.4, 0.5) is 0 Å². The van der Waals surface area contributed by atoms with Crippen molar-refractivity contribution >= 4 is 0 Å². The second-order valence-corrected chi connectivity index (χ2v) is 5.53. The molecule has 0 atom stereocenters. The Balaban J connectivity index is 1.73. The smallest absolute Gasteiger partial charge is 0.0182 e. The van der Waals surface area contributed by atoms with Crippen LogP contribution in [0.1, 0.15) is 58.3 Å². The third-order valence-corrected chi connectivity index (χ3v) is 4.61. The number of hydrogen-bond acceptors (Lipinski definition) is 1. The summed E-state index contributed by atoms with van der Waals surface area (Å²) in [6.07, 6.45) is 11.7. The van der Waals surface area contributed by atoms with Crippen molar-refractivity contribution in [2.75, 3.05) is 7.05 Å². The van der Waals surface area contributed by atoms with Crippen LogP contribution < -0.4 is 5.32 Å². The van der Waals surface area contributed by atoms with Gasteiger partial charge in [-0.1, -0.05) is 39.0 Å². The first-order valence-corrected chi connectivity index (χ1v) is 6.47. The second-order valence-electron chi connectivity index (χ2n) is 5.53. The molecule has 0 radical (unpaired) electrons. The molecular formula is C13H25N. The first-order valence-electron chi connectivity index (χ1n) is 6.47. The van der Waals surface area contributed by atoms with E-state index < -0.39 is 0 Å². The minimum Gasteiger partial charge on any atom is -0.314 e. The Kier molecular flexibility index (Phi) is 3.16. The van der Waals surface area contributed by atoms with E-state index >= 15 is 0 Å². The van der Waals surface area contributed by atoms with Gasteiger partial charge in [0.2, 0.25) is 0 Å². The number of rotatable bonds is 4. The Morgan fingerprint density at radius 3 is 2.07 bits per heavy atom. The largest absolute Gasteiger partial charge is 0.314 e. The summed E-state index contributed by atoms with van der Waals surface area (Å²) in [5.74, 6) is 2.09. The SMILES string of the molecule is CCC1CCC(CC2(NC)CC2)CC1. The normalized spacial score (nSPS) is 35.6. The van der Waals surface area contributed by atoms with Crippen LogP contribution in [0.2, 0.25) is 0 Å². The Bertz CT molecular complexity index is 176. The maximum atomic E-state index is 3.52. The zero-order chi connectivity index (χ0) is 10.0. The molecule has 0 aliphatic heterocycles. The van der Waals surface area contributed by atoms with Crippen molar-refractivity contribution < 1.29 is 0 Å². The Labute approximate surface area is 88.7 Å². The van der Waals surface area contributed by atoms with Gasteiger partial charge in [0, 0.05) is 5.54 Å². The highest BCUT2D eigenvalue weighted by Gasteiger charge is 2.42. The van der Waals surface area contributed by atoms with E-state index in [0.29, 0.717) is 5.54 Å². The van der Waals surface area contributed by atoms with Gasteiger partial charge in [-0.15, -0.1) is 0 Å². The topological polar surface area (TPSA) is 12.0 Å². The van der Waals surface area contributed by atoms with Gasteiger partial charge in [0.1, 0.15) is 0 Å². The first-order chi connectivity index (χ1) is 6.78. The highest BCUT2D eigenvalue weighted by Crippen LogP contribution is 2.44. The standard InChI is InChI=1S/C13H25N/c1-3-11-4-6-12(7-5-11)10-13(14-2)8-9-13/h11-12,14H,3-10H2,1-2H3. The molecule has 0 heterocycles. The lowest BCUT2D eigenvalue weighted by Gasteiger charge is -2.30. The summed E-state index contributed by atoms with van der Waals surface area (Å²) in [6.45, 7) is 2.35. The van der Waals surface area contributed by atoms with Gasteiger partial charge < -0.3 is 5.32 Å². The van der Waals surface area contributed by atoms with E-state index in [1.165, 1.54) is 51.4 Å². The molecule has 0 aromatic carbocycles. The summed E-state index contributed by atoms with van der Waals surface area (Å²) in [5.41, 5.74) is 0.587. The third kappa shape index (κ3) is 2.31. The fourth-order valence-corrected chi connectivity index (χ4v) is 3.10. The molecule has 82 valence electrons. The van der Waals surface area contributed by atoms with Gasteiger partial charge >= 0.3 is 0 Å². The fourth-order valence-electron chi connectivity index (χ4n) is 3.10. The van der Waals surface area contributed by atoms with Crippen molar-refractivity contribution in [1.82, 2.24) is 5.32 Å². The Morgan fingerprint density at radius 1 is 1.07 bits per heavy atom. The second kappa shape index (κ2) is 4.22. The molecule has 2 aliphatic rings. The minimum atomic E-state index is 0.587. The molecule has 0 amide bonds. The van der Waals surface area contributed by atoms with Gasteiger partial charge in [-0.05, 0) is 38.1 Å². The summed E-state index contributed by atoms with van der Waals surface area (Å²) >= 11 is 0. The van der Waals surface area contributed by atoms with Gasteiger partial charge in [0.15, 0.2) is 0 Å². The van der Waals surface area contributed by atoms with E-state index in [4.69, 9.17) is 0 Å². The van der Waals surface area contributed by atoms with E-state index in [1.807, 2.05) is 0 Å². The molecule has 2 saturated carbocycles. The zero-order valence-corrected chi connectivity index (χ0v) is 9.81. The molecule has 0 unspecified atom stereocenters. The monoisotopic (exact) mass is 195 g/mol. The van der Waals surface area contributed by atoms with Crippen LogP contribution in [0.15, 0.2) is 0 Å². The maximum Gasteiger partial charge on any atom is 0.0182 e. The lowest BCUT2D eigenvalue weighted by molar-refractivity contribution is 0.236. The molecule has 2 rings (SSSR count). The molecule has 0 bridgehead atoms. The molecular weight excluding hydrogens is 170 g/mol. The number of hydrogen-bond donors (Lipinski definition) is 1. The fraction of sp³-hybridized carbons (Fsp3) is 1.00. The van der Waals surface area contributed by atoms with Crippen molar-refractivity contribution in [2.45, 2.75) is 63.8 Å². The van der Waals surface area contributed by atoms with Crippen molar-refractivity contribution in [2.24, 2.45) is 11.8 Å². The first kappa shape index (κ1) is 10.5. The highest BCUT2D eigenvalue weighted by atomic mass is 15.0. The molecule has 1 N–H and O–H groups in total. The predicted octanol–water partition coefficient (Wildman–Crippen LogP) is 3.34. The maximum absolute atomic E-state index is 3.52. The molecule has 14 heavy (non-hydrogen) atoms. The Hall–Kier alpha value is -0.0400. The van der Waals surface area contributed by atoms with E-state index in [0.717, 1.165) is 11.8 Å². The molecule has 0 saturated heterocycles. The average Bonchev–Trinajstić information content (AvgIpc) is 3.00. The Morgan fingerprint density at radius 2 is 1.64 bits per heavy atom. The predicted molar refractivity (Wildman–Crippen MR) is 61.4 cm³/mol. The van der Waals surface area contributed by atoms with E-state index in [9.17, 15) is 0 Å². The van der Waals surface area contributed by atoms with Crippen molar-refractivity contribution in [3.05, 3.63) is 0 Å². The summed E-state index contributed by atoms with van der Waals surface area (Å²) < 4.78 is 0. The van der Waals surface area contributed by atoms with Gasteiger partial charge in [0.05, 0.1) is 0 Å². The lowest BCUT2D eigenvalue weighted by Crippen LogP contribution is -2.31. The van der Waals surface area contributed by atoms with Crippen molar-refractivity contribution in [1.29, 1.82) is 0 Å². The summed E-state index contributed by atoms with van der Waals surface area (Å²) in [5, 5.41) is 3.52. The molecule has 1 heteroatoms. The van der Waals surface area contributed by atoms with Crippen LogP contribution in [0, 0.1) is 11.8 Å². The number of nitrogens with one attached hydrogen (secondary N) is 1. The molecule has 1 nitrogen and oxygen atoms in total. The van der Waals surface area contributed by atoms with Crippen LogP contribution >= 0.6 is 0 Å². The molecule has 0 spiro atoms. The highest BCUT2D eigenvalue weighted by molar-refractivity contribution is 5.02. The van der Waals surface area contributed by atoms with Gasteiger partial charge in [-0.2, -0.15) is 0 Å². The molecule has 2 aliphatic carbocycles. The van der Waals surface area contributed by atoms with E-state index in [1.54, 1.807) is 0 Å². The minimum absolute atomic E-state index is 0.587. The van der Waals surface area contributed by atoms with Gasteiger partial charge in [0.25, 0.3) is 0 Å². The van der Waals surface area contributed by atoms with E-state index in [-0.39, 0.29) is 0 Å². The van der Waals surface area contributed by atoms with Crippen LogP contribution in [0.25, 0.3) is 0 Å². The summed E-state index contributed by atoms with van der Waals surface area (Å²) in [6, 6.07) is 0. The average molecular weight is 195 g/mol. The van der Waals surface area contributed by atoms with Gasteiger partial charge in [-0.3, -0.25) is 0 Å². The quantitative estimate of drug-likeness (QED) is 0.725. The summed E-state index contributed by atoms with van der Waals surface area (Å²) in [4.78, 5) is 0. The zero-order valence-electron chi connectivity index (χ0n) is 9.81. The third-order valence-electron chi connectivity index (χ3n) is 4.61. The van der Waals surface area contributed by atoms with Crippen LogP contribution in [0.5, 0.6) is 0 Å². The molecule has 0 aromatic heterocycles. The lowest BCUT2D eigenvalue weighted by atomic mass is 9.78. The van der Waals surface area contributed by atoms with Gasteiger partial charge in [-0.25, -0.2) is 0 Å². The van der Waals surface area contributed by atoms with Crippen molar-refractivity contribution in [3.63, 3.8) is 0 Å².